The quantitative estimate of drug-likeness (QED) is 0.914. The molecule has 19 heavy (non-hydrogen) atoms. The van der Waals surface area contributed by atoms with Crippen LogP contribution in [0.15, 0.2) is 18.2 Å². The molecule has 1 aromatic rings. The fraction of sp³-hybridized carbons (Fsp3) is 0.533. The summed E-state index contributed by atoms with van der Waals surface area (Å²) in [5, 5.41) is 3.84. The number of halogens is 1. The molecule has 4 heteroatoms. The van der Waals surface area contributed by atoms with Crippen LogP contribution in [-0.2, 0) is 0 Å². The van der Waals surface area contributed by atoms with Gasteiger partial charge in [-0.2, -0.15) is 0 Å². The molecule has 1 saturated heterocycles. The van der Waals surface area contributed by atoms with E-state index in [2.05, 4.69) is 5.32 Å². The molecule has 1 heterocycles. The molecule has 0 aliphatic carbocycles. The zero-order valence-electron chi connectivity index (χ0n) is 11.4. The summed E-state index contributed by atoms with van der Waals surface area (Å²) in [7, 11) is 0. The molecule has 1 amide bonds. The Morgan fingerprint density at radius 2 is 1.95 bits per heavy atom. The molecule has 0 unspecified atom stereocenters. The first-order valence-electron chi connectivity index (χ1n) is 7.05. The number of carbonyl (C=O) groups is 1. The van der Waals surface area contributed by atoms with E-state index in [0.29, 0.717) is 10.6 Å². The smallest absolute Gasteiger partial charge is 0.256 e. The predicted molar refractivity (Wildman–Crippen MR) is 80.0 cm³/mol. The summed E-state index contributed by atoms with van der Waals surface area (Å²) in [6, 6.07) is 5.47. The molecule has 0 spiro atoms. The molecule has 1 fully saturated rings. The fourth-order valence-electron chi connectivity index (χ4n) is 2.48. The van der Waals surface area contributed by atoms with Crippen molar-refractivity contribution >= 4 is 23.2 Å². The van der Waals surface area contributed by atoms with Crippen LogP contribution in [0.1, 0.15) is 43.0 Å². The number of amides is 1. The Kier molecular flexibility index (Phi) is 5.08. The second-order valence-corrected chi connectivity index (χ2v) is 5.36. The normalized spacial score (nSPS) is 16.0. The van der Waals surface area contributed by atoms with Gasteiger partial charge in [0.15, 0.2) is 0 Å². The Balaban J connectivity index is 2.23. The van der Waals surface area contributed by atoms with Crippen molar-refractivity contribution in [2.75, 3.05) is 25.0 Å². The van der Waals surface area contributed by atoms with E-state index in [0.717, 1.165) is 38.2 Å². The zero-order chi connectivity index (χ0) is 13.7. The highest BCUT2D eigenvalue weighted by atomic mass is 35.5. The van der Waals surface area contributed by atoms with Gasteiger partial charge in [0.25, 0.3) is 5.91 Å². The molecule has 1 aliphatic heterocycles. The zero-order valence-corrected chi connectivity index (χ0v) is 12.2. The van der Waals surface area contributed by atoms with E-state index < -0.39 is 0 Å². The Labute approximate surface area is 119 Å². The SMILES string of the molecule is CCNc1ccc(Cl)cc1C(=O)N1CCCCCC1. The first kappa shape index (κ1) is 14.2. The van der Waals surface area contributed by atoms with Crippen LogP contribution in [0, 0.1) is 0 Å². The lowest BCUT2D eigenvalue weighted by molar-refractivity contribution is 0.0762. The Morgan fingerprint density at radius 3 is 2.58 bits per heavy atom. The number of anilines is 1. The lowest BCUT2D eigenvalue weighted by atomic mass is 10.1. The summed E-state index contributed by atoms with van der Waals surface area (Å²) in [5.74, 6) is 0.0975. The topological polar surface area (TPSA) is 32.3 Å². The van der Waals surface area contributed by atoms with Crippen LogP contribution >= 0.6 is 11.6 Å². The monoisotopic (exact) mass is 280 g/mol. The van der Waals surface area contributed by atoms with Crippen LogP contribution < -0.4 is 5.32 Å². The fourth-order valence-corrected chi connectivity index (χ4v) is 2.65. The number of nitrogens with one attached hydrogen (secondary N) is 1. The van der Waals surface area contributed by atoms with E-state index in [4.69, 9.17) is 11.6 Å². The van der Waals surface area contributed by atoms with Crippen molar-refractivity contribution in [2.45, 2.75) is 32.6 Å². The van der Waals surface area contributed by atoms with Crippen molar-refractivity contribution in [3.8, 4) is 0 Å². The average molecular weight is 281 g/mol. The van der Waals surface area contributed by atoms with E-state index in [-0.39, 0.29) is 5.91 Å². The third-order valence-corrected chi connectivity index (χ3v) is 3.71. The van der Waals surface area contributed by atoms with Gasteiger partial charge in [-0.25, -0.2) is 0 Å². The van der Waals surface area contributed by atoms with Crippen molar-refractivity contribution in [1.82, 2.24) is 4.90 Å². The Hall–Kier alpha value is -1.22. The number of hydrogen-bond donors (Lipinski definition) is 1. The number of rotatable bonds is 3. The Morgan fingerprint density at radius 1 is 1.26 bits per heavy atom. The van der Waals surface area contributed by atoms with E-state index in [1.165, 1.54) is 12.8 Å². The number of likely N-dealkylation sites (tertiary alicyclic amines) is 1. The largest absolute Gasteiger partial charge is 0.385 e. The lowest BCUT2D eigenvalue weighted by Gasteiger charge is -2.22. The highest BCUT2D eigenvalue weighted by Crippen LogP contribution is 2.23. The van der Waals surface area contributed by atoms with Gasteiger partial charge in [0.05, 0.1) is 5.56 Å². The van der Waals surface area contributed by atoms with Gasteiger partial charge < -0.3 is 10.2 Å². The molecule has 1 aliphatic rings. The molecular weight excluding hydrogens is 260 g/mol. The van der Waals surface area contributed by atoms with Crippen LogP contribution in [0.3, 0.4) is 0 Å². The maximum absolute atomic E-state index is 12.6. The van der Waals surface area contributed by atoms with Crippen LogP contribution in [0.2, 0.25) is 5.02 Å². The van der Waals surface area contributed by atoms with Crippen molar-refractivity contribution < 1.29 is 4.79 Å². The summed E-state index contributed by atoms with van der Waals surface area (Å²) in [4.78, 5) is 14.6. The van der Waals surface area contributed by atoms with Crippen LogP contribution in [0.4, 0.5) is 5.69 Å². The average Bonchev–Trinajstić information content (AvgIpc) is 2.69. The van der Waals surface area contributed by atoms with Gasteiger partial charge in [-0.1, -0.05) is 24.4 Å². The van der Waals surface area contributed by atoms with Gasteiger partial charge in [0.1, 0.15) is 0 Å². The number of carbonyl (C=O) groups excluding carboxylic acids is 1. The summed E-state index contributed by atoms with van der Waals surface area (Å²) >= 11 is 6.03. The molecule has 3 nitrogen and oxygen atoms in total. The summed E-state index contributed by atoms with van der Waals surface area (Å²) in [6.07, 6.45) is 4.64. The van der Waals surface area contributed by atoms with Gasteiger partial charge in [-0.05, 0) is 38.0 Å². The second-order valence-electron chi connectivity index (χ2n) is 4.93. The molecular formula is C15H21ClN2O. The Bertz CT molecular complexity index is 440. The second kappa shape index (κ2) is 6.80. The maximum atomic E-state index is 12.6. The molecule has 1 N–H and O–H groups in total. The first-order chi connectivity index (χ1) is 9.22. The summed E-state index contributed by atoms with van der Waals surface area (Å²) < 4.78 is 0. The van der Waals surface area contributed by atoms with Gasteiger partial charge in [0, 0.05) is 30.3 Å². The third-order valence-electron chi connectivity index (χ3n) is 3.47. The molecule has 0 aromatic heterocycles. The predicted octanol–water partition coefficient (Wildman–Crippen LogP) is 3.79. The van der Waals surface area contributed by atoms with Crippen LogP contribution in [0.5, 0.6) is 0 Å². The van der Waals surface area contributed by atoms with Crippen molar-refractivity contribution in [1.29, 1.82) is 0 Å². The minimum absolute atomic E-state index is 0.0975. The molecule has 0 bridgehead atoms. The highest BCUT2D eigenvalue weighted by Gasteiger charge is 2.20. The standard InChI is InChI=1S/C15H21ClN2O/c1-2-17-14-8-7-12(16)11-13(14)15(19)18-9-5-3-4-6-10-18/h7-8,11,17H,2-6,9-10H2,1H3. The van der Waals surface area contributed by atoms with E-state index in [1.807, 2.05) is 24.0 Å². The van der Waals surface area contributed by atoms with Crippen LogP contribution in [0.25, 0.3) is 0 Å². The summed E-state index contributed by atoms with van der Waals surface area (Å²) in [6.45, 7) is 4.53. The van der Waals surface area contributed by atoms with E-state index in [9.17, 15) is 4.79 Å². The highest BCUT2D eigenvalue weighted by molar-refractivity contribution is 6.31. The molecule has 2 rings (SSSR count). The van der Waals surface area contributed by atoms with Crippen molar-refractivity contribution in [2.24, 2.45) is 0 Å². The molecule has 1 aromatic carbocycles. The minimum atomic E-state index is 0.0975. The lowest BCUT2D eigenvalue weighted by Crippen LogP contribution is -2.32. The van der Waals surface area contributed by atoms with E-state index >= 15 is 0 Å². The maximum Gasteiger partial charge on any atom is 0.256 e. The van der Waals surface area contributed by atoms with Gasteiger partial charge in [-0.15, -0.1) is 0 Å². The van der Waals surface area contributed by atoms with Gasteiger partial charge in [0.2, 0.25) is 0 Å². The number of benzene rings is 1. The molecule has 104 valence electrons. The molecule has 0 atom stereocenters. The number of nitrogens with zero attached hydrogens (tertiary/aromatic N) is 1. The van der Waals surface area contributed by atoms with Crippen molar-refractivity contribution in [3.63, 3.8) is 0 Å². The molecule has 0 radical (unpaired) electrons. The van der Waals surface area contributed by atoms with Crippen LogP contribution in [-0.4, -0.2) is 30.4 Å². The van der Waals surface area contributed by atoms with Crippen molar-refractivity contribution in [3.05, 3.63) is 28.8 Å². The van der Waals surface area contributed by atoms with E-state index in [1.54, 1.807) is 6.07 Å². The third kappa shape index (κ3) is 3.63. The minimum Gasteiger partial charge on any atom is -0.385 e. The summed E-state index contributed by atoms with van der Waals surface area (Å²) in [5.41, 5.74) is 1.57. The first-order valence-corrected chi connectivity index (χ1v) is 7.43. The molecule has 0 saturated carbocycles. The van der Waals surface area contributed by atoms with Gasteiger partial charge in [-0.3, -0.25) is 4.79 Å². The number of hydrogen-bond acceptors (Lipinski definition) is 2. The van der Waals surface area contributed by atoms with Gasteiger partial charge >= 0.3 is 0 Å².